The third-order valence-electron chi connectivity index (χ3n) is 5.92. The van der Waals surface area contributed by atoms with E-state index in [0.29, 0.717) is 23.2 Å². The van der Waals surface area contributed by atoms with Crippen molar-refractivity contribution in [3.05, 3.63) is 29.6 Å². The second-order valence-corrected chi connectivity index (χ2v) is 8.18. The third kappa shape index (κ3) is 2.66. The molecule has 4 aliphatic carbocycles. The SMILES string of the molecule is CC(O)c1cccc(C(=O)NC23CC4CC(CC(N)(C4)C2)C3)n1. The minimum atomic E-state index is -0.672. The molecule has 0 radical (unpaired) electrons. The number of hydrogen-bond acceptors (Lipinski definition) is 4. The molecule has 0 saturated heterocycles. The lowest BCUT2D eigenvalue weighted by atomic mass is 9.50. The Morgan fingerprint density at radius 2 is 2.04 bits per heavy atom. The van der Waals surface area contributed by atoms with Crippen LogP contribution in [0.5, 0.6) is 0 Å². The average molecular weight is 315 g/mol. The smallest absolute Gasteiger partial charge is 0.270 e. The van der Waals surface area contributed by atoms with E-state index < -0.39 is 6.10 Å². The standard InChI is InChI=1S/C18H25N3O2/c1-11(22)14-3-2-4-15(20-14)16(23)21-18-8-12-5-13(9-18)7-17(19,6-12)10-18/h2-4,11-13,22H,5-10,19H2,1H3,(H,21,23). The van der Waals surface area contributed by atoms with E-state index in [9.17, 15) is 9.90 Å². The highest BCUT2D eigenvalue weighted by atomic mass is 16.3. The maximum Gasteiger partial charge on any atom is 0.270 e. The molecule has 4 aliphatic rings. The summed E-state index contributed by atoms with van der Waals surface area (Å²) in [5, 5.41) is 12.9. The summed E-state index contributed by atoms with van der Waals surface area (Å²) < 4.78 is 0. The first kappa shape index (κ1) is 15.1. The molecule has 0 spiro atoms. The van der Waals surface area contributed by atoms with E-state index in [1.807, 2.05) is 0 Å². The van der Waals surface area contributed by atoms with Crippen LogP contribution in [0, 0.1) is 11.8 Å². The van der Waals surface area contributed by atoms with Crippen LogP contribution in [0.1, 0.15) is 67.7 Å². The number of amides is 1. The number of nitrogens with zero attached hydrogens (tertiary/aromatic N) is 1. The normalized spacial score (nSPS) is 39.3. The van der Waals surface area contributed by atoms with E-state index in [4.69, 9.17) is 5.73 Å². The Morgan fingerprint density at radius 1 is 1.35 bits per heavy atom. The van der Waals surface area contributed by atoms with Gasteiger partial charge in [0.1, 0.15) is 5.69 Å². The maximum atomic E-state index is 12.7. The van der Waals surface area contributed by atoms with Gasteiger partial charge in [0.05, 0.1) is 11.8 Å². The molecular weight excluding hydrogens is 290 g/mol. The van der Waals surface area contributed by atoms with Gasteiger partial charge in [0, 0.05) is 11.1 Å². The van der Waals surface area contributed by atoms with Gasteiger partial charge in [-0.15, -0.1) is 0 Å². The van der Waals surface area contributed by atoms with Crippen molar-refractivity contribution in [3.8, 4) is 0 Å². The zero-order chi connectivity index (χ0) is 16.2. The van der Waals surface area contributed by atoms with Gasteiger partial charge in [-0.3, -0.25) is 4.79 Å². The summed E-state index contributed by atoms with van der Waals surface area (Å²) in [5.74, 6) is 1.16. The lowest BCUT2D eigenvalue weighted by Crippen LogP contribution is -2.68. The molecule has 1 aromatic heterocycles. The first-order valence-electron chi connectivity index (χ1n) is 8.63. The van der Waals surface area contributed by atoms with Gasteiger partial charge in [0.15, 0.2) is 0 Å². The molecule has 124 valence electrons. The number of rotatable bonds is 3. The van der Waals surface area contributed by atoms with Crippen molar-refractivity contribution < 1.29 is 9.90 Å². The number of carbonyl (C=O) groups is 1. The topological polar surface area (TPSA) is 88.2 Å². The Morgan fingerprint density at radius 3 is 2.65 bits per heavy atom. The van der Waals surface area contributed by atoms with E-state index in [1.165, 1.54) is 6.42 Å². The number of aromatic nitrogens is 1. The molecule has 4 saturated carbocycles. The number of hydrogen-bond donors (Lipinski definition) is 3. The predicted molar refractivity (Wildman–Crippen MR) is 86.7 cm³/mol. The highest BCUT2D eigenvalue weighted by Crippen LogP contribution is 2.56. The molecule has 1 aromatic rings. The Bertz CT molecular complexity index is 629. The molecule has 4 fully saturated rings. The van der Waals surface area contributed by atoms with Gasteiger partial charge in [0.2, 0.25) is 0 Å². The Labute approximate surface area is 136 Å². The molecule has 0 aromatic carbocycles. The second kappa shape index (κ2) is 5.02. The van der Waals surface area contributed by atoms with Crippen LogP contribution in [-0.2, 0) is 0 Å². The first-order valence-corrected chi connectivity index (χ1v) is 8.63. The van der Waals surface area contributed by atoms with Crippen molar-refractivity contribution in [3.63, 3.8) is 0 Å². The molecule has 5 rings (SSSR count). The van der Waals surface area contributed by atoms with Gasteiger partial charge in [-0.1, -0.05) is 6.07 Å². The zero-order valence-electron chi connectivity index (χ0n) is 13.6. The molecule has 5 heteroatoms. The number of aliphatic hydroxyl groups excluding tert-OH is 1. The fraction of sp³-hybridized carbons (Fsp3) is 0.667. The lowest BCUT2D eigenvalue weighted by Gasteiger charge is -2.61. The number of aliphatic hydroxyl groups is 1. The van der Waals surface area contributed by atoms with Crippen LogP contribution in [0.4, 0.5) is 0 Å². The molecule has 5 nitrogen and oxygen atoms in total. The van der Waals surface area contributed by atoms with Crippen molar-refractivity contribution in [2.45, 2.75) is 62.6 Å². The summed E-state index contributed by atoms with van der Waals surface area (Å²) in [7, 11) is 0. The van der Waals surface area contributed by atoms with E-state index in [0.717, 1.165) is 32.1 Å². The minimum Gasteiger partial charge on any atom is -0.387 e. The van der Waals surface area contributed by atoms with Crippen LogP contribution < -0.4 is 11.1 Å². The van der Waals surface area contributed by atoms with E-state index >= 15 is 0 Å². The van der Waals surface area contributed by atoms with Crippen LogP contribution in [0.2, 0.25) is 0 Å². The first-order chi connectivity index (χ1) is 10.9. The van der Waals surface area contributed by atoms with E-state index in [-0.39, 0.29) is 17.0 Å². The van der Waals surface area contributed by atoms with Gasteiger partial charge < -0.3 is 16.2 Å². The van der Waals surface area contributed by atoms with Gasteiger partial charge in [-0.2, -0.15) is 0 Å². The number of carbonyl (C=O) groups excluding carboxylic acids is 1. The monoisotopic (exact) mass is 315 g/mol. The maximum absolute atomic E-state index is 12.7. The molecule has 23 heavy (non-hydrogen) atoms. The lowest BCUT2D eigenvalue weighted by molar-refractivity contribution is -0.0321. The second-order valence-electron chi connectivity index (χ2n) is 8.18. The average Bonchev–Trinajstić information content (AvgIpc) is 2.44. The summed E-state index contributed by atoms with van der Waals surface area (Å²) in [6, 6.07) is 5.22. The van der Waals surface area contributed by atoms with Crippen LogP contribution in [0.25, 0.3) is 0 Å². The van der Waals surface area contributed by atoms with Gasteiger partial charge >= 0.3 is 0 Å². The molecule has 3 unspecified atom stereocenters. The molecule has 3 atom stereocenters. The summed E-state index contributed by atoms with van der Waals surface area (Å²) in [4.78, 5) is 17.0. The summed E-state index contributed by atoms with van der Waals surface area (Å²) in [6.45, 7) is 1.65. The minimum absolute atomic E-state index is 0.0910. The molecule has 1 amide bonds. The largest absolute Gasteiger partial charge is 0.387 e. The molecule has 4 N–H and O–H groups in total. The third-order valence-corrected chi connectivity index (χ3v) is 5.92. The fourth-order valence-electron chi connectivity index (χ4n) is 5.60. The molecular formula is C18H25N3O2. The zero-order valence-corrected chi connectivity index (χ0v) is 13.6. The van der Waals surface area contributed by atoms with Crippen molar-refractivity contribution in [1.29, 1.82) is 0 Å². The summed E-state index contributed by atoms with van der Waals surface area (Å²) in [6.07, 6.45) is 5.79. The Balaban J connectivity index is 1.56. The number of nitrogens with two attached hydrogens (primary N) is 1. The molecule has 4 bridgehead atoms. The van der Waals surface area contributed by atoms with Gasteiger partial charge in [0.25, 0.3) is 5.91 Å². The van der Waals surface area contributed by atoms with Gasteiger partial charge in [-0.25, -0.2) is 4.98 Å². The molecule has 0 aliphatic heterocycles. The quantitative estimate of drug-likeness (QED) is 0.795. The summed E-state index contributed by atoms with van der Waals surface area (Å²) in [5.41, 5.74) is 7.25. The Hall–Kier alpha value is -1.46. The van der Waals surface area contributed by atoms with E-state index in [2.05, 4.69) is 10.3 Å². The Kier molecular flexibility index (Phi) is 3.29. The van der Waals surface area contributed by atoms with Gasteiger partial charge in [-0.05, 0) is 69.4 Å². The van der Waals surface area contributed by atoms with Crippen molar-refractivity contribution in [2.24, 2.45) is 17.6 Å². The van der Waals surface area contributed by atoms with E-state index in [1.54, 1.807) is 25.1 Å². The molecule has 1 heterocycles. The number of nitrogens with one attached hydrogen (secondary N) is 1. The van der Waals surface area contributed by atoms with Crippen LogP contribution in [0.3, 0.4) is 0 Å². The van der Waals surface area contributed by atoms with Crippen LogP contribution >= 0.6 is 0 Å². The number of pyridine rings is 1. The van der Waals surface area contributed by atoms with Crippen LogP contribution in [-0.4, -0.2) is 27.1 Å². The summed E-state index contributed by atoms with van der Waals surface area (Å²) >= 11 is 0. The predicted octanol–water partition coefficient (Wildman–Crippen LogP) is 1.91. The highest BCUT2D eigenvalue weighted by Gasteiger charge is 2.56. The van der Waals surface area contributed by atoms with Crippen molar-refractivity contribution >= 4 is 5.91 Å². The fourth-order valence-corrected chi connectivity index (χ4v) is 5.60. The van der Waals surface area contributed by atoms with Crippen LogP contribution in [0.15, 0.2) is 18.2 Å². The van der Waals surface area contributed by atoms with Crippen molar-refractivity contribution in [1.82, 2.24) is 10.3 Å². The van der Waals surface area contributed by atoms with Crippen molar-refractivity contribution in [2.75, 3.05) is 0 Å². The highest BCUT2D eigenvalue weighted by molar-refractivity contribution is 5.92.